The molecule has 1 aromatic carbocycles. The molecule has 2 aromatic rings. The zero-order chi connectivity index (χ0) is 13.0. The molecule has 0 aliphatic rings. The molecule has 94 valence electrons. The van der Waals surface area contributed by atoms with Crippen molar-refractivity contribution in [3.63, 3.8) is 0 Å². The van der Waals surface area contributed by atoms with Gasteiger partial charge in [0.1, 0.15) is 17.3 Å². The maximum absolute atomic E-state index is 6.06. The van der Waals surface area contributed by atoms with Crippen LogP contribution in [0, 0.1) is 0 Å². The monoisotopic (exact) mass is 261 g/mol. The molecule has 0 atom stereocenters. The van der Waals surface area contributed by atoms with E-state index in [1.165, 1.54) is 11.9 Å². The third-order valence-electron chi connectivity index (χ3n) is 2.84. The van der Waals surface area contributed by atoms with Gasteiger partial charge >= 0.3 is 0 Å². The van der Waals surface area contributed by atoms with E-state index in [4.69, 9.17) is 11.6 Å². The molecule has 0 aliphatic heterocycles. The Morgan fingerprint density at radius 1 is 1.17 bits per heavy atom. The molecule has 1 aromatic heterocycles. The van der Waals surface area contributed by atoms with Crippen LogP contribution >= 0.6 is 11.6 Å². The van der Waals surface area contributed by atoms with Crippen molar-refractivity contribution in [3.05, 3.63) is 46.9 Å². The molecule has 0 aliphatic carbocycles. The van der Waals surface area contributed by atoms with Crippen LogP contribution in [0.3, 0.4) is 0 Å². The van der Waals surface area contributed by atoms with Crippen molar-refractivity contribution >= 4 is 23.1 Å². The van der Waals surface area contributed by atoms with E-state index >= 15 is 0 Å². The first-order chi connectivity index (χ1) is 8.74. The fourth-order valence-corrected chi connectivity index (χ4v) is 2.08. The SMILES string of the molecule is CCc1cccc(Nc2ncnc(Cl)c2CC)c1. The standard InChI is InChI=1S/C14H16ClN3/c1-3-10-6-5-7-11(8-10)18-14-12(4-2)13(15)16-9-17-14/h5-9H,3-4H2,1-2H3,(H,16,17,18). The summed E-state index contributed by atoms with van der Waals surface area (Å²) < 4.78 is 0. The van der Waals surface area contributed by atoms with Gasteiger partial charge in [0.2, 0.25) is 0 Å². The highest BCUT2D eigenvalue weighted by Gasteiger charge is 2.08. The van der Waals surface area contributed by atoms with Crippen LogP contribution < -0.4 is 5.32 Å². The molecular weight excluding hydrogens is 246 g/mol. The van der Waals surface area contributed by atoms with Gasteiger partial charge in [-0.3, -0.25) is 0 Å². The summed E-state index contributed by atoms with van der Waals surface area (Å²) in [6.07, 6.45) is 3.30. The van der Waals surface area contributed by atoms with Gasteiger partial charge in [-0.1, -0.05) is 37.6 Å². The molecule has 0 radical (unpaired) electrons. The van der Waals surface area contributed by atoms with E-state index in [1.54, 1.807) is 0 Å². The van der Waals surface area contributed by atoms with Gasteiger partial charge in [-0.25, -0.2) is 9.97 Å². The van der Waals surface area contributed by atoms with Gasteiger partial charge in [-0.15, -0.1) is 0 Å². The van der Waals surface area contributed by atoms with Gasteiger partial charge in [-0.2, -0.15) is 0 Å². The van der Waals surface area contributed by atoms with Crippen molar-refractivity contribution in [1.82, 2.24) is 9.97 Å². The van der Waals surface area contributed by atoms with Crippen LogP contribution in [-0.4, -0.2) is 9.97 Å². The van der Waals surface area contributed by atoms with E-state index < -0.39 is 0 Å². The summed E-state index contributed by atoms with van der Waals surface area (Å²) in [6, 6.07) is 8.29. The number of nitrogens with zero attached hydrogens (tertiary/aromatic N) is 2. The quantitative estimate of drug-likeness (QED) is 0.846. The summed E-state index contributed by atoms with van der Waals surface area (Å²) in [4.78, 5) is 8.25. The summed E-state index contributed by atoms with van der Waals surface area (Å²) >= 11 is 6.06. The minimum absolute atomic E-state index is 0.515. The van der Waals surface area contributed by atoms with Gasteiger partial charge < -0.3 is 5.32 Å². The number of anilines is 2. The van der Waals surface area contributed by atoms with Crippen molar-refractivity contribution in [1.29, 1.82) is 0 Å². The first-order valence-electron chi connectivity index (χ1n) is 6.10. The number of hydrogen-bond donors (Lipinski definition) is 1. The number of halogens is 1. The smallest absolute Gasteiger partial charge is 0.138 e. The Hall–Kier alpha value is -1.61. The van der Waals surface area contributed by atoms with E-state index in [9.17, 15) is 0 Å². The van der Waals surface area contributed by atoms with Crippen LogP contribution in [0.15, 0.2) is 30.6 Å². The lowest BCUT2D eigenvalue weighted by Gasteiger charge is -2.11. The molecule has 0 fully saturated rings. The van der Waals surface area contributed by atoms with Crippen LogP contribution in [0.4, 0.5) is 11.5 Å². The van der Waals surface area contributed by atoms with Gasteiger partial charge in [0.05, 0.1) is 0 Å². The summed E-state index contributed by atoms with van der Waals surface area (Å²) in [6.45, 7) is 4.18. The van der Waals surface area contributed by atoms with Crippen LogP contribution in [0.5, 0.6) is 0 Å². The molecule has 1 N–H and O–H groups in total. The number of nitrogens with one attached hydrogen (secondary N) is 1. The van der Waals surface area contributed by atoms with Crippen molar-refractivity contribution in [2.24, 2.45) is 0 Å². The highest BCUT2D eigenvalue weighted by atomic mass is 35.5. The van der Waals surface area contributed by atoms with Gasteiger partial charge in [0.15, 0.2) is 0 Å². The van der Waals surface area contributed by atoms with Crippen molar-refractivity contribution in [3.8, 4) is 0 Å². The van der Waals surface area contributed by atoms with Crippen molar-refractivity contribution in [2.75, 3.05) is 5.32 Å². The molecule has 3 nitrogen and oxygen atoms in total. The number of hydrogen-bond acceptors (Lipinski definition) is 3. The third kappa shape index (κ3) is 2.79. The van der Waals surface area contributed by atoms with Crippen LogP contribution in [-0.2, 0) is 12.8 Å². The zero-order valence-corrected chi connectivity index (χ0v) is 11.3. The average molecular weight is 262 g/mol. The number of aryl methyl sites for hydroxylation is 1. The summed E-state index contributed by atoms with van der Waals surface area (Å²) in [5.41, 5.74) is 3.26. The number of aromatic nitrogens is 2. The molecule has 1 heterocycles. The van der Waals surface area contributed by atoms with E-state index in [0.29, 0.717) is 5.15 Å². The van der Waals surface area contributed by atoms with Crippen molar-refractivity contribution < 1.29 is 0 Å². The molecule has 0 spiro atoms. The number of benzene rings is 1. The number of rotatable bonds is 4. The van der Waals surface area contributed by atoms with Crippen LogP contribution in [0.1, 0.15) is 25.0 Å². The molecule has 0 bridgehead atoms. The second-order valence-electron chi connectivity index (χ2n) is 4.02. The topological polar surface area (TPSA) is 37.8 Å². The predicted molar refractivity (Wildman–Crippen MR) is 75.5 cm³/mol. The van der Waals surface area contributed by atoms with Crippen molar-refractivity contribution in [2.45, 2.75) is 26.7 Å². The average Bonchev–Trinajstić information content (AvgIpc) is 2.39. The second-order valence-corrected chi connectivity index (χ2v) is 4.38. The minimum atomic E-state index is 0.515. The molecule has 0 amide bonds. The fraction of sp³-hybridized carbons (Fsp3) is 0.286. The zero-order valence-electron chi connectivity index (χ0n) is 10.6. The van der Waals surface area contributed by atoms with Gasteiger partial charge in [0.25, 0.3) is 0 Å². The Labute approximate surface area is 112 Å². The molecule has 4 heteroatoms. The summed E-state index contributed by atoms with van der Waals surface area (Å²) in [7, 11) is 0. The second kappa shape index (κ2) is 5.83. The first kappa shape index (κ1) is 12.8. The molecule has 2 rings (SSSR count). The first-order valence-corrected chi connectivity index (χ1v) is 6.47. The summed E-state index contributed by atoms with van der Waals surface area (Å²) in [5, 5.41) is 3.82. The normalized spacial score (nSPS) is 10.4. The highest BCUT2D eigenvalue weighted by Crippen LogP contribution is 2.24. The van der Waals surface area contributed by atoms with E-state index in [1.807, 2.05) is 19.1 Å². The molecular formula is C14H16ClN3. The lowest BCUT2D eigenvalue weighted by atomic mass is 10.1. The largest absolute Gasteiger partial charge is 0.340 e. The van der Waals surface area contributed by atoms with E-state index in [2.05, 4.69) is 34.3 Å². The fourth-order valence-electron chi connectivity index (χ4n) is 1.82. The minimum Gasteiger partial charge on any atom is -0.340 e. The molecule has 18 heavy (non-hydrogen) atoms. The molecule has 0 saturated heterocycles. The summed E-state index contributed by atoms with van der Waals surface area (Å²) in [5.74, 6) is 0.783. The predicted octanol–water partition coefficient (Wildman–Crippen LogP) is 4.00. The van der Waals surface area contributed by atoms with Crippen LogP contribution in [0.2, 0.25) is 5.15 Å². The van der Waals surface area contributed by atoms with Crippen LogP contribution in [0.25, 0.3) is 0 Å². The van der Waals surface area contributed by atoms with Gasteiger partial charge in [-0.05, 0) is 30.5 Å². The lowest BCUT2D eigenvalue weighted by molar-refractivity contribution is 1.05. The molecule has 0 unspecified atom stereocenters. The Morgan fingerprint density at radius 3 is 2.72 bits per heavy atom. The Kier molecular flexibility index (Phi) is 4.15. The Balaban J connectivity index is 2.30. The highest BCUT2D eigenvalue weighted by molar-refractivity contribution is 6.30. The lowest BCUT2D eigenvalue weighted by Crippen LogP contribution is -2.00. The Bertz CT molecular complexity index is 540. The third-order valence-corrected chi connectivity index (χ3v) is 3.17. The maximum atomic E-state index is 6.06. The Morgan fingerprint density at radius 2 is 2.00 bits per heavy atom. The maximum Gasteiger partial charge on any atom is 0.138 e. The van der Waals surface area contributed by atoms with E-state index in [0.717, 1.165) is 29.9 Å². The molecule has 0 saturated carbocycles. The van der Waals surface area contributed by atoms with E-state index in [-0.39, 0.29) is 0 Å². The van der Waals surface area contributed by atoms with Gasteiger partial charge in [0, 0.05) is 11.3 Å².